The fraction of sp³-hybridized carbons (Fsp3) is 0.333. The first-order valence-electron chi connectivity index (χ1n) is 6.46. The van der Waals surface area contributed by atoms with E-state index in [0.717, 1.165) is 0 Å². The number of rotatable bonds is 0. The predicted molar refractivity (Wildman–Crippen MR) is 74.2 cm³/mol. The first kappa shape index (κ1) is 16.1. The van der Waals surface area contributed by atoms with Crippen molar-refractivity contribution in [2.24, 2.45) is 0 Å². The maximum Gasteiger partial charge on any atom is 0.422 e. The minimum Gasteiger partial charge on any atom is -0.443 e. The third-order valence-corrected chi connectivity index (χ3v) is 2.75. The third kappa shape index (κ3) is 3.29. The maximum atomic E-state index is 12.6. The predicted octanol–water partition coefficient (Wildman–Crippen LogP) is 3.91. The number of ether oxygens (including phenoxy) is 1. The van der Waals surface area contributed by atoms with Gasteiger partial charge in [-0.1, -0.05) is 18.2 Å². The molecule has 0 saturated carbocycles. The summed E-state index contributed by atoms with van der Waals surface area (Å²) in [5.74, 6) is -1.05. The Hall–Kier alpha value is -2.31. The van der Waals surface area contributed by atoms with Crippen LogP contribution in [0.1, 0.15) is 26.3 Å². The average molecular weight is 313 g/mol. The van der Waals surface area contributed by atoms with Crippen LogP contribution < -0.4 is 4.90 Å². The molecule has 0 aliphatic carbocycles. The summed E-state index contributed by atoms with van der Waals surface area (Å²) >= 11 is 0. The van der Waals surface area contributed by atoms with Gasteiger partial charge in [0.05, 0.1) is 11.3 Å². The van der Waals surface area contributed by atoms with Crippen LogP contribution in [-0.2, 0) is 9.53 Å². The molecular formula is C15H14F3NO3. The number of carbonyl (C=O) groups is 2. The topological polar surface area (TPSA) is 46.6 Å². The van der Waals surface area contributed by atoms with Crippen LogP contribution in [0.2, 0.25) is 0 Å². The molecule has 1 heterocycles. The van der Waals surface area contributed by atoms with Crippen molar-refractivity contribution in [2.75, 3.05) is 4.90 Å². The Morgan fingerprint density at radius 1 is 1.18 bits per heavy atom. The van der Waals surface area contributed by atoms with E-state index in [1.807, 2.05) is 0 Å². The highest BCUT2D eigenvalue weighted by Gasteiger charge is 2.41. The van der Waals surface area contributed by atoms with E-state index < -0.39 is 29.4 Å². The number of fused-ring (bicyclic) bond motifs is 1. The van der Waals surface area contributed by atoms with Crippen LogP contribution in [0.25, 0.3) is 5.57 Å². The second kappa shape index (κ2) is 5.15. The minimum absolute atomic E-state index is 0.0516. The molecule has 1 aromatic carbocycles. The number of imide groups is 1. The zero-order valence-electron chi connectivity index (χ0n) is 12.2. The van der Waals surface area contributed by atoms with Gasteiger partial charge in [-0.05, 0) is 26.8 Å². The van der Waals surface area contributed by atoms with Crippen LogP contribution in [0.15, 0.2) is 30.3 Å². The largest absolute Gasteiger partial charge is 0.443 e. The van der Waals surface area contributed by atoms with Gasteiger partial charge in [-0.15, -0.1) is 0 Å². The van der Waals surface area contributed by atoms with Gasteiger partial charge >= 0.3 is 12.3 Å². The molecule has 0 bridgehead atoms. The number of benzene rings is 1. The Labute approximate surface area is 125 Å². The first-order valence-corrected chi connectivity index (χ1v) is 6.46. The van der Waals surface area contributed by atoms with E-state index in [0.29, 0.717) is 4.90 Å². The number of anilines is 1. The van der Waals surface area contributed by atoms with Gasteiger partial charge in [-0.2, -0.15) is 13.2 Å². The molecule has 22 heavy (non-hydrogen) atoms. The highest BCUT2D eigenvalue weighted by Crippen LogP contribution is 2.39. The molecule has 0 spiro atoms. The summed E-state index contributed by atoms with van der Waals surface area (Å²) in [6.07, 6.45) is -5.77. The summed E-state index contributed by atoms with van der Waals surface area (Å²) in [5.41, 5.74) is -1.31. The van der Waals surface area contributed by atoms with Gasteiger partial charge in [0.2, 0.25) is 0 Å². The lowest BCUT2D eigenvalue weighted by Gasteiger charge is -2.23. The fourth-order valence-corrected chi connectivity index (χ4v) is 2.03. The Morgan fingerprint density at radius 2 is 1.77 bits per heavy atom. The monoisotopic (exact) mass is 313 g/mol. The average Bonchev–Trinajstić information content (AvgIpc) is 2.59. The van der Waals surface area contributed by atoms with Crippen LogP contribution in [0.5, 0.6) is 0 Å². The fourth-order valence-electron chi connectivity index (χ4n) is 2.03. The van der Waals surface area contributed by atoms with E-state index in [1.165, 1.54) is 24.3 Å². The molecule has 7 heteroatoms. The van der Waals surface area contributed by atoms with E-state index in [4.69, 9.17) is 4.74 Å². The number of allylic oxidation sites excluding steroid dienone is 1. The van der Waals surface area contributed by atoms with Crippen molar-refractivity contribution in [3.05, 3.63) is 35.9 Å². The van der Waals surface area contributed by atoms with Gasteiger partial charge in [-0.3, -0.25) is 4.79 Å². The molecular weight excluding hydrogens is 299 g/mol. The molecule has 0 radical (unpaired) electrons. The molecule has 0 aromatic heterocycles. The zero-order chi connectivity index (χ0) is 16.7. The molecule has 1 aliphatic heterocycles. The summed E-state index contributed by atoms with van der Waals surface area (Å²) in [7, 11) is 0. The minimum atomic E-state index is -4.66. The number of carbonyl (C=O) groups excluding carboxylic acids is 2. The van der Waals surface area contributed by atoms with Gasteiger partial charge in [0.15, 0.2) is 0 Å². The quantitative estimate of drug-likeness (QED) is 0.682. The van der Waals surface area contributed by atoms with Crippen molar-refractivity contribution in [1.29, 1.82) is 0 Å². The third-order valence-electron chi connectivity index (χ3n) is 2.75. The van der Waals surface area contributed by atoms with Crippen LogP contribution in [0, 0.1) is 0 Å². The highest BCUT2D eigenvalue weighted by molar-refractivity contribution is 6.39. The summed E-state index contributed by atoms with van der Waals surface area (Å²) in [4.78, 5) is 25.0. The van der Waals surface area contributed by atoms with Gasteiger partial charge in [0, 0.05) is 11.6 Å². The number of nitrogens with zero attached hydrogens (tertiary/aromatic N) is 1. The number of halogens is 3. The Kier molecular flexibility index (Phi) is 3.76. The summed E-state index contributed by atoms with van der Waals surface area (Å²) < 4.78 is 42.9. The van der Waals surface area contributed by atoms with Crippen molar-refractivity contribution in [3.63, 3.8) is 0 Å². The molecule has 0 saturated heterocycles. The van der Waals surface area contributed by atoms with E-state index in [-0.39, 0.29) is 17.3 Å². The second-order valence-electron chi connectivity index (χ2n) is 5.74. The lowest BCUT2D eigenvalue weighted by Crippen LogP contribution is -2.38. The molecule has 0 atom stereocenters. The molecule has 0 unspecified atom stereocenters. The Bertz CT molecular complexity index is 657. The molecule has 118 valence electrons. The standard InChI is InChI=1S/C15H14F3NO3/c1-14(2,3)22-13(21)19-11-7-5-4-6-9(11)10(12(19)20)8-15(16,17)18/h4-8H,1-3H3/b10-8+. The molecule has 2 amide bonds. The molecule has 0 N–H and O–H groups in total. The number of amides is 2. The van der Waals surface area contributed by atoms with Crippen LogP contribution in [-0.4, -0.2) is 23.8 Å². The smallest absolute Gasteiger partial charge is 0.422 e. The van der Waals surface area contributed by atoms with E-state index in [1.54, 1.807) is 20.8 Å². The molecule has 0 fully saturated rings. The molecule has 4 nitrogen and oxygen atoms in total. The Morgan fingerprint density at radius 3 is 2.32 bits per heavy atom. The van der Waals surface area contributed by atoms with Gasteiger partial charge in [0.1, 0.15) is 5.60 Å². The van der Waals surface area contributed by atoms with Crippen LogP contribution in [0.3, 0.4) is 0 Å². The lowest BCUT2D eigenvalue weighted by molar-refractivity contribution is -0.113. The van der Waals surface area contributed by atoms with Gasteiger partial charge in [-0.25, -0.2) is 9.69 Å². The van der Waals surface area contributed by atoms with Crippen molar-refractivity contribution < 1.29 is 27.5 Å². The maximum absolute atomic E-state index is 12.6. The van der Waals surface area contributed by atoms with Crippen LogP contribution in [0.4, 0.5) is 23.7 Å². The second-order valence-corrected chi connectivity index (χ2v) is 5.74. The van der Waals surface area contributed by atoms with E-state index >= 15 is 0 Å². The number of hydrogen-bond acceptors (Lipinski definition) is 3. The SMILES string of the molecule is CC(C)(C)OC(=O)N1C(=O)/C(=C/C(F)(F)F)c2ccccc21. The van der Waals surface area contributed by atoms with Crippen molar-refractivity contribution in [1.82, 2.24) is 0 Å². The number of hydrogen-bond donors (Lipinski definition) is 0. The normalized spacial score (nSPS) is 16.9. The van der Waals surface area contributed by atoms with Crippen LogP contribution >= 0.6 is 0 Å². The highest BCUT2D eigenvalue weighted by atomic mass is 19.4. The van der Waals surface area contributed by atoms with Crippen molar-refractivity contribution in [3.8, 4) is 0 Å². The number of para-hydroxylation sites is 1. The van der Waals surface area contributed by atoms with Crippen molar-refractivity contribution in [2.45, 2.75) is 32.5 Å². The van der Waals surface area contributed by atoms with Gasteiger partial charge < -0.3 is 4.74 Å². The van der Waals surface area contributed by atoms with Gasteiger partial charge in [0.25, 0.3) is 5.91 Å². The lowest BCUT2D eigenvalue weighted by atomic mass is 10.1. The molecule has 2 rings (SSSR count). The number of alkyl halides is 3. The van der Waals surface area contributed by atoms with E-state index in [2.05, 4.69) is 0 Å². The zero-order valence-corrected chi connectivity index (χ0v) is 12.2. The molecule has 1 aromatic rings. The van der Waals surface area contributed by atoms with E-state index in [9.17, 15) is 22.8 Å². The summed E-state index contributed by atoms with van der Waals surface area (Å²) in [6, 6.07) is 5.78. The van der Waals surface area contributed by atoms with Crippen molar-refractivity contribution >= 4 is 23.3 Å². The summed E-state index contributed by atoms with van der Waals surface area (Å²) in [6.45, 7) is 4.80. The molecule has 1 aliphatic rings. The summed E-state index contributed by atoms with van der Waals surface area (Å²) in [5, 5.41) is 0. The Balaban J connectivity index is 2.49. The first-order chi connectivity index (χ1) is 9.99.